The molecule has 0 heterocycles. The third-order valence-electron chi connectivity index (χ3n) is 3.12. The zero-order valence-electron chi connectivity index (χ0n) is 12.1. The zero-order chi connectivity index (χ0) is 15.2. The summed E-state index contributed by atoms with van der Waals surface area (Å²) < 4.78 is 18.5. The van der Waals surface area contributed by atoms with Crippen LogP contribution in [-0.2, 0) is 9.53 Å². The molecule has 2 aromatic carbocycles. The number of carbonyl (C=O) groups excluding carboxylic acids is 1. The third kappa shape index (κ3) is 3.81. The average Bonchev–Trinajstić information content (AvgIpc) is 2.49. The van der Waals surface area contributed by atoms with Crippen LogP contribution in [0, 0.1) is 12.7 Å². The van der Waals surface area contributed by atoms with Gasteiger partial charge in [0.15, 0.2) is 6.04 Å². The molecule has 0 bridgehead atoms. The number of hydrogen-bond acceptors (Lipinski definition) is 3. The molecule has 0 aliphatic rings. The van der Waals surface area contributed by atoms with Crippen molar-refractivity contribution in [2.75, 3.05) is 11.9 Å². The standard InChI is InChI=1S/C17H18FNO2/c1-3-21-17(20)16(19-14-7-5-4-6-8-14)13-9-10-15(18)12(2)11-13/h4-11,16,19H,3H2,1-2H3. The van der Waals surface area contributed by atoms with Crippen LogP contribution in [0.1, 0.15) is 24.1 Å². The number of hydrogen-bond donors (Lipinski definition) is 1. The van der Waals surface area contributed by atoms with E-state index >= 15 is 0 Å². The second-order valence-electron chi connectivity index (χ2n) is 4.70. The highest BCUT2D eigenvalue weighted by Crippen LogP contribution is 2.23. The molecular weight excluding hydrogens is 269 g/mol. The van der Waals surface area contributed by atoms with E-state index < -0.39 is 6.04 Å². The normalized spacial score (nSPS) is 11.8. The molecule has 4 heteroatoms. The van der Waals surface area contributed by atoms with Crippen molar-refractivity contribution >= 4 is 11.7 Å². The van der Waals surface area contributed by atoms with Gasteiger partial charge in [0.25, 0.3) is 0 Å². The number of nitrogens with one attached hydrogen (secondary N) is 1. The van der Waals surface area contributed by atoms with Gasteiger partial charge in [0.05, 0.1) is 6.61 Å². The van der Waals surface area contributed by atoms with Crippen molar-refractivity contribution in [2.24, 2.45) is 0 Å². The highest BCUT2D eigenvalue weighted by molar-refractivity contribution is 5.81. The predicted octanol–water partition coefficient (Wildman–Crippen LogP) is 3.85. The minimum Gasteiger partial charge on any atom is -0.464 e. The van der Waals surface area contributed by atoms with Crippen molar-refractivity contribution in [3.8, 4) is 0 Å². The van der Waals surface area contributed by atoms with Crippen LogP contribution in [0.25, 0.3) is 0 Å². The van der Waals surface area contributed by atoms with Crippen molar-refractivity contribution in [1.29, 1.82) is 0 Å². The van der Waals surface area contributed by atoms with Crippen LogP contribution in [0.4, 0.5) is 10.1 Å². The van der Waals surface area contributed by atoms with Crippen molar-refractivity contribution in [1.82, 2.24) is 0 Å². The molecular formula is C17H18FNO2. The number of carbonyl (C=O) groups is 1. The minimum absolute atomic E-state index is 0.291. The Balaban J connectivity index is 2.31. The summed E-state index contributed by atoms with van der Waals surface area (Å²) in [4.78, 5) is 12.2. The van der Waals surface area contributed by atoms with E-state index in [0.717, 1.165) is 5.69 Å². The summed E-state index contributed by atoms with van der Waals surface area (Å²) in [5.41, 5.74) is 1.98. The highest BCUT2D eigenvalue weighted by Gasteiger charge is 2.22. The molecule has 3 nitrogen and oxygen atoms in total. The van der Waals surface area contributed by atoms with Crippen molar-refractivity contribution in [3.05, 3.63) is 65.5 Å². The first kappa shape index (κ1) is 15.0. The molecule has 0 aliphatic heterocycles. The molecule has 21 heavy (non-hydrogen) atoms. The molecule has 0 spiro atoms. The molecule has 0 aromatic heterocycles. The minimum atomic E-state index is -0.661. The van der Waals surface area contributed by atoms with Crippen molar-refractivity contribution < 1.29 is 13.9 Å². The van der Waals surface area contributed by atoms with E-state index in [1.807, 2.05) is 30.3 Å². The van der Waals surface area contributed by atoms with Crippen molar-refractivity contribution in [3.63, 3.8) is 0 Å². The van der Waals surface area contributed by atoms with Crippen LogP contribution < -0.4 is 5.32 Å². The summed E-state index contributed by atoms with van der Waals surface area (Å²) in [6.45, 7) is 3.73. The van der Waals surface area contributed by atoms with E-state index in [4.69, 9.17) is 4.74 Å². The molecule has 110 valence electrons. The first-order valence-electron chi connectivity index (χ1n) is 6.86. The fourth-order valence-corrected chi connectivity index (χ4v) is 2.05. The Morgan fingerprint density at radius 3 is 2.57 bits per heavy atom. The van der Waals surface area contributed by atoms with Gasteiger partial charge < -0.3 is 10.1 Å². The van der Waals surface area contributed by atoms with Gasteiger partial charge in [-0.3, -0.25) is 0 Å². The van der Waals surface area contributed by atoms with Crippen molar-refractivity contribution in [2.45, 2.75) is 19.9 Å². The Hall–Kier alpha value is -2.36. The van der Waals surface area contributed by atoms with Crippen LogP contribution in [0.2, 0.25) is 0 Å². The second kappa shape index (κ2) is 6.88. The number of halogens is 1. The van der Waals surface area contributed by atoms with Gasteiger partial charge in [-0.1, -0.05) is 30.3 Å². The van der Waals surface area contributed by atoms with E-state index in [1.54, 1.807) is 26.0 Å². The molecule has 0 saturated carbocycles. The van der Waals surface area contributed by atoms with Gasteiger partial charge in [-0.15, -0.1) is 0 Å². The number of para-hydroxylation sites is 1. The number of esters is 1. The van der Waals surface area contributed by atoms with E-state index in [2.05, 4.69) is 5.32 Å². The van der Waals surface area contributed by atoms with E-state index in [9.17, 15) is 9.18 Å². The molecule has 1 N–H and O–H groups in total. The fourth-order valence-electron chi connectivity index (χ4n) is 2.05. The average molecular weight is 287 g/mol. The van der Waals surface area contributed by atoms with Gasteiger partial charge >= 0.3 is 5.97 Å². The van der Waals surface area contributed by atoms with Gasteiger partial charge in [-0.25, -0.2) is 9.18 Å². The van der Waals surface area contributed by atoms with Crippen LogP contribution in [0.5, 0.6) is 0 Å². The van der Waals surface area contributed by atoms with E-state index in [0.29, 0.717) is 17.7 Å². The monoisotopic (exact) mass is 287 g/mol. The van der Waals surface area contributed by atoms with Crippen LogP contribution in [-0.4, -0.2) is 12.6 Å². The van der Waals surface area contributed by atoms with Gasteiger partial charge in [-0.05, 0) is 43.2 Å². The molecule has 0 radical (unpaired) electrons. The van der Waals surface area contributed by atoms with Gasteiger partial charge in [0.2, 0.25) is 0 Å². The lowest BCUT2D eigenvalue weighted by molar-refractivity contribution is -0.144. The maximum Gasteiger partial charge on any atom is 0.333 e. The van der Waals surface area contributed by atoms with Gasteiger partial charge in [-0.2, -0.15) is 0 Å². The summed E-state index contributed by atoms with van der Waals surface area (Å²) >= 11 is 0. The topological polar surface area (TPSA) is 38.3 Å². The number of benzene rings is 2. The zero-order valence-corrected chi connectivity index (χ0v) is 12.1. The molecule has 2 rings (SSSR count). The number of anilines is 1. The molecule has 1 atom stereocenters. The van der Waals surface area contributed by atoms with Crippen LogP contribution in [0.3, 0.4) is 0 Å². The first-order valence-corrected chi connectivity index (χ1v) is 6.86. The van der Waals surface area contributed by atoms with E-state index in [-0.39, 0.29) is 11.8 Å². The number of aryl methyl sites for hydroxylation is 1. The Morgan fingerprint density at radius 1 is 1.24 bits per heavy atom. The maximum atomic E-state index is 13.4. The smallest absolute Gasteiger partial charge is 0.333 e. The molecule has 1 unspecified atom stereocenters. The van der Waals surface area contributed by atoms with Gasteiger partial charge in [0.1, 0.15) is 5.82 Å². The molecule has 2 aromatic rings. The Bertz CT molecular complexity index is 613. The lowest BCUT2D eigenvalue weighted by atomic mass is 10.0. The Labute approximate surface area is 123 Å². The lowest BCUT2D eigenvalue weighted by Gasteiger charge is -2.19. The number of rotatable bonds is 5. The molecule has 0 fully saturated rings. The molecule has 0 saturated heterocycles. The quantitative estimate of drug-likeness (QED) is 0.849. The molecule has 0 amide bonds. The largest absolute Gasteiger partial charge is 0.464 e. The highest BCUT2D eigenvalue weighted by atomic mass is 19.1. The Morgan fingerprint density at radius 2 is 1.95 bits per heavy atom. The van der Waals surface area contributed by atoms with Gasteiger partial charge in [0, 0.05) is 5.69 Å². The molecule has 0 aliphatic carbocycles. The Kier molecular flexibility index (Phi) is 4.93. The first-order chi connectivity index (χ1) is 10.1. The summed E-state index contributed by atoms with van der Waals surface area (Å²) in [6, 6.07) is 13.3. The predicted molar refractivity (Wildman–Crippen MR) is 80.6 cm³/mol. The summed E-state index contributed by atoms with van der Waals surface area (Å²) in [5, 5.41) is 3.13. The summed E-state index contributed by atoms with van der Waals surface area (Å²) in [5.74, 6) is -0.673. The van der Waals surface area contributed by atoms with Crippen LogP contribution >= 0.6 is 0 Å². The van der Waals surface area contributed by atoms with Crippen LogP contribution in [0.15, 0.2) is 48.5 Å². The summed E-state index contributed by atoms with van der Waals surface area (Å²) in [6.07, 6.45) is 0. The second-order valence-corrected chi connectivity index (χ2v) is 4.70. The SMILES string of the molecule is CCOC(=O)C(Nc1ccccc1)c1ccc(F)c(C)c1. The third-order valence-corrected chi connectivity index (χ3v) is 3.12. The number of ether oxygens (including phenoxy) is 1. The van der Waals surface area contributed by atoms with E-state index in [1.165, 1.54) is 6.07 Å². The fraction of sp³-hybridized carbons (Fsp3) is 0.235. The lowest BCUT2D eigenvalue weighted by Crippen LogP contribution is -2.23. The summed E-state index contributed by atoms with van der Waals surface area (Å²) in [7, 11) is 0. The maximum absolute atomic E-state index is 13.4.